The summed E-state index contributed by atoms with van der Waals surface area (Å²) in [6.07, 6.45) is 1.54. The number of hydrogen-bond acceptors (Lipinski definition) is 4. The maximum absolute atomic E-state index is 12.4. The van der Waals surface area contributed by atoms with Crippen LogP contribution in [0.15, 0.2) is 29.2 Å². The van der Waals surface area contributed by atoms with E-state index in [1.54, 1.807) is 31.2 Å². The van der Waals surface area contributed by atoms with E-state index in [1.165, 1.54) is 0 Å². The fraction of sp³-hybridized carbons (Fsp3) is 0.600. The Labute approximate surface area is 127 Å². The molecule has 0 spiro atoms. The number of nitrogens with one attached hydrogen (secondary N) is 1. The number of rotatable bonds is 6. The zero-order valence-electron chi connectivity index (χ0n) is 12.6. The van der Waals surface area contributed by atoms with Gasteiger partial charge in [0.1, 0.15) is 0 Å². The Kier molecular flexibility index (Phi) is 5.37. The van der Waals surface area contributed by atoms with Crippen molar-refractivity contribution in [3.05, 3.63) is 29.8 Å². The van der Waals surface area contributed by atoms with Crippen molar-refractivity contribution < 1.29 is 13.5 Å². The highest BCUT2D eigenvalue weighted by Gasteiger charge is 2.26. The van der Waals surface area contributed by atoms with Crippen LogP contribution < -0.4 is 4.72 Å². The summed E-state index contributed by atoms with van der Waals surface area (Å²) in [7, 11) is -3.60. The SMILES string of the molecule is Cc1ccc(S(=O)(=O)NC(CN2CCCC2)C(C)O)cc1. The first-order valence-corrected chi connectivity index (χ1v) is 8.86. The number of benzene rings is 1. The molecule has 1 saturated heterocycles. The number of aliphatic hydroxyl groups excluding tert-OH is 1. The van der Waals surface area contributed by atoms with Crippen LogP contribution in [0, 0.1) is 6.92 Å². The highest BCUT2D eigenvalue weighted by molar-refractivity contribution is 7.89. The second-order valence-corrected chi connectivity index (χ2v) is 7.50. The largest absolute Gasteiger partial charge is 0.392 e. The number of likely N-dealkylation sites (tertiary alicyclic amines) is 1. The topological polar surface area (TPSA) is 69.6 Å². The van der Waals surface area contributed by atoms with Gasteiger partial charge in [0.2, 0.25) is 10.0 Å². The van der Waals surface area contributed by atoms with Crippen LogP contribution in [0.25, 0.3) is 0 Å². The van der Waals surface area contributed by atoms with E-state index in [0.29, 0.717) is 6.54 Å². The second kappa shape index (κ2) is 6.87. The average Bonchev–Trinajstić information content (AvgIpc) is 2.91. The van der Waals surface area contributed by atoms with E-state index in [0.717, 1.165) is 31.5 Å². The van der Waals surface area contributed by atoms with Crippen LogP contribution in [0.5, 0.6) is 0 Å². The van der Waals surface area contributed by atoms with Crippen molar-refractivity contribution in [2.24, 2.45) is 0 Å². The van der Waals surface area contributed by atoms with Gasteiger partial charge in [-0.15, -0.1) is 0 Å². The first-order chi connectivity index (χ1) is 9.88. The van der Waals surface area contributed by atoms with Gasteiger partial charge in [0, 0.05) is 6.54 Å². The van der Waals surface area contributed by atoms with Crippen molar-refractivity contribution in [3.8, 4) is 0 Å². The zero-order valence-corrected chi connectivity index (χ0v) is 13.4. The molecule has 1 aliphatic rings. The average molecular weight is 312 g/mol. The van der Waals surface area contributed by atoms with E-state index in [2.05, 4.69) is 9.62 Å². The van der Waals surface area contributed by atoms with Crippen LogP contribution in [-0.4, -0.2) is 50.2 Å². The van der Waals surface area contributed by atoms with Gasteiger partial charge in [0.25, 0.3) is 0 Å². The van der Waals surface area contributed by atoms with Crippen molar-refractivity contribution in [3.63, 3.8) is 0 Å². The summed E-state index contributed by atoms with van der Waals surface area (Å²) in [5.74, 6) is 0. The minimum Gasteiger partial charge on any atom is -0.392 e. The minimum atomic E-state index is -3.60. The molecule has 0 amide bonds. The molecular weight excluding hydrogens is 288 g/mol. The number of nitrogens with zero attached hydrogens (tertiary/aromatic N) is 1. The zero-order chi connectivity index (χ0) is 15.5. The second-order valence-electron chi connectivity index (χ2n) is 5.79. The summed E-state index contributed by atoms with van der Waals surface area (Å²) < 4.78 is 27.4. The van der Waals surface area contributed by atoms with E-state index in [1.807, 2.05) is 6.92 Å². The van der Waals surface area contributed by atoms with Crippen molar-refractivity contribution >= 4 is 10.0 Å². The molecule has 21 heavy (non-hydrogen) atoms. The molecule has 1 aliphatic heterocycles. The molecule has 1 heterocycles. The van der Waals surface area contributed by atoms with E-state index in [9.17, 15) is 13.5 Å². The van der Waals surface area contributed by atoms with Crippen LogP contribution in [0.3, 0.4) is 0 Å². The summed E-state index contributed by atoms with van der Waals surface area (Å²) in [6, 6.07) is 6.23. The quantitative estimate of drug-likeness (QED) is 0.826. The molecule has 118 valence electrons. The molecule has 0 bridgehead atoms. The Morgan fingerprint density at radius 2 is 1.81 bits per heavy atom. The van der Waals surface area contributed by atoms with Crippen molar-refractivity contribution in [1.29, 1.82) is 0 Å². The lowest BCUT2D eigenvalue weighted by molar-refractivity contribution is 0.132. The third kappa shape index (κ3) is 4.51. The van der Waals surface area contributed by atoms with Crippen LogP contribution in [0.1, 0.15) is 25.3 Å². The number of sulfonamides is 1. The summed E-state index contributed by atoms with van der Waals surface area (Å²) in [5, 5.41) is 9.87. The first-order valence-electron chi connectivity index (χ1n) is 7.38. The molecule has 6 heteroatoms. The number of aliphatic hydroxyl groups is 1. The lowest BCUT2D eigenvalue weighted by Crippen LogP contribution is -2.48. The fourth-order valence-electron chi connectivity index (χ4n) is 2.52. The predicted octanol–water partition coefficient (Wildman–Crippen LogP) is 1.12. The minimum absolute atomic E-state index is 0.236. The lowest BCUT2D eigenvalue weighted by Gasteiger charge is -2.26. The van der Waals surface area contributed by atoms with Gasteiger partial charge in [0.05, 0.1) is 17.0 Å². The Morgan fingerprint density at radius 1 is 1.24 bits per heavy atom. The van der Waals surface area contributed by atoms with Gasteiger partial charge in [0.15, 0.2) is 0 Å². The molecular formula is C15H24N2O3S. The maximum atomic E-state index is 12.4. The van der Waals surface area contributed by atoms with Crippen molar-refractivity contribution in [2.75, 3.05) is 19.6 Å². The van der Waals surface area contributed by atoms with Gasteiger partial charge in [-0.3, -0.25) is 0 Å². The maximum Gasteiger partial charge on any atom is 0.240 e. The Hall–Kier alpha value is -0.950. The molecule has 1 aromatic rings. The van der Waals surface area contributed by atoms with Crippen LogP contribution in [0.2, 0.25) is 0 Å². The Bertz CT molecular complexity index is 549. The molecule has 0 aromatic heterocycles. The van der Waals surface area contributed by atoms with E-state index >= 15 is 0 Å². The smallest absolute Gasteiger partial charge is 0.240 e. The first kappa shape index (κ1) is 16.4. The molecule has 2 atom stereocenters. The van der Waals surface area contributed by atoms with Crippen LogP contribution >= 0.6 is 0 Å². The predicted molar refractivity (Wildman–Crippen MR) is 82.6 cm³/mol. The molecule has 1 aromatic carbocycles. The number of aryl methyl sites for hydroxylation is 1. The highest BCUT2D eigenvalue weighted by atomic mass is 32.2. The Balaban J connectivity index is 2.09. The van der Waals surface area contributed by atoms with Gasteiger partial charge < -0.3 is 10.0 Å². The van der Waals surface area contributed by atoms with Crippen molar-refractivity contribution in [2.45, 2.75) is 43.7 Å². The summed E-state index contributed by atoms with van der Waals surface area (Å²) in [6.45, 7) is 6.02. The Morgan fingerprint density at radius 3 is 2.33 bits per heavy atom. The van der Waals surface area contributed by atoms with Crippen LogP contribution in [0.4, 0.5) is 0 Å². The standard InChI is InChI=1S/C15H24N2O3S/c1-12-5-7-14(8-6-12)21(19,20)16-15(13(2)18)11-17-9-3-4-10-17/h5-8,13,15-16,18H,3-4,9-11H2,1-2H3. The van der Waals surface area contributed by atoms with Crippen molar-refractivity contribution in [1.82, 2.24) is 9.62 Å². The molecule has 0 saturated carbocycles. The van der Waals surface area contributed by atoms with E-state index in [4.69, 9.17) is 0 Å². The number of hydrogen-bond donors (Lipinski definition) is 2. The van der Waals surface area contributed by atoms with Gasteiger partial charge in [-0.05, 0) is 51.9 Å². The molecule has 2 rings (SSSR count). The molecule has 5 nitrogen and oxygen atoms in total. The summed E-state index contributed by atoms with van der Waals surface area (Å²) in [4.78, 5) is 2.43. The lowest BCUT2D eigenvalue weighted by atomic mass is 10.2. The normalized spacial score (nSPS) is 19.6. The van der Waals surface area contributed by atoms with E-state index < -0.39 is 22.2 Å². The molecule has 2 N–H and O–H groups in total. The summed E-state index contributed by atoms with van der Waals surface area (Å²) in [5.41, 5.74) is 1.01. The highest BCUT2D eigenvalue weighted by Crippen LogP contribution is 2.13. The summed E-state index contributed by atoms with van der Waals surface area (Å²) >= 11 is 0. The van der Waals surface area contributed by atoms with Gasteiger partial charge in [-0.2, -0.15) is 0 Å². The third-order valence-corrected chi connectivity index (χ3v) is 5.38. The van der Waals surface area contributed by atoms with Gasteiger partial charge in [-0.25, -0.2) is 13.1 Å². The molecule has 0 radical (unpaired) electrons. The van der Waals surface area contributed by atoms with Gasteiger partial charge >= 0.3 is 0 Å². The van der Waals surface area contributed by atoms with Crippen LogP contribution in [-0.2, 0) is 10.0 Å². The molecule has 2 unspecified atom stereocenters. The third-order valence-electron chi connectivity index (χ3n) is 3.87. The fourth-order valence-corrected chi connectivity index (χ4v) is 3.82. The molecule has 0 aliphatic carbocycles. The van der Waals surface area contributed by atoms with Gasteiger partial charge in [-0.1, -0.05) is 17.7 Å². The van der Waals surface area contributed by atoms with E-state index in [-0.39, 0.29) is 4.90 Å². The monoisotopic (exact) mass is 312 g/mol. The molecule has 1 fully saturated rings.